The van der Waals surface area contributed by atoms with E-state index in [-0.39, 0.29) is 12.0 Å². The Bertz CT molecular complexity index is 166. The maximum absolute atomic E-state index is 11.2. The van der Waals surface area contributed by atoms with E-state index in [1.54, 1.807) is 6.82 Å². The van der Waals surface area contributed by atoms with Crippen LogP contribution in [0.2, 0.25) is 6.82 Å². The first-order valence-electron chi connectivity index (χ1n) is 4.15. The van der Waals surface area contributed by atoms with Gasteiger partial charge in [-0.2, -0.15) is 0 Å². The van der Waals surface area contributed by atoms with Gasteiger partial charge in [0.2, 0.25) is 0 Å². The molecule has 0 saturated heterocycles. The van der Waals surface area contributed by atoms with Crippen molar-refractivity contribution in [3.05, 3.63) is 0 Å². The summed E-state index contributed by atoms with van der Waals surface area (Å²) in [4.78, 5) is 11.2. The summed E-state index contributed by atoms with van der Waals surface area (Å²) >= 11 is 5.25. The molecule has 0 fully saturated rings. The van der Waals surface area contributed by atoms with Gasteiger partial charge in [-0.15, -0.1) is 0 Å². The first-order valence-corrected chi connectivity index (χ1v) is 4.69. The maximum Gasteiger partial charge on any atom is 0.374 e. The first kappa shape index (κ1) is 12.7. The molecule has 0 unspecified atom stereocenters. The monoisotopic (exact) mass is 207 g/mol. The van der Waals surface area contributed by atoms with E-state index < -0.39 is 19.1 Å². The van der Waals surface area contributed by atoms with Crippen LogP contribution in [-0.2, 0) is 9.53 Å². The molecule has 76 valence electrons. The molecule has 0 saturated carbocycles. The van der Waals surface area contributed by atoms with E-state index in [9.17, 15) is 4.79 Å². The number of hydrogen-bond acceptors (Lipinski definition) is 4. The lowest BCUT2D eigenvalue weighted by Gasteiger charge is -2.20. The smallest absolute Gasteiger partial charge is 0.374 e. The highest BCUT2D eigenvalue weighted by Crippen LogP contribution is 2.04. The number of alkyl halides is 1. The summed E-state index contributed by atoms with van der Waals surface area (Å²) < 4.78 is 4.62. The highest BCUT2D eigenvalue weighted by Gasteiger charge is 2.25. The number of rotatable bonds is 5. The SMILES string of the molecule is CB(O)N[C@H](C(=O)OCCl)C(C)C. The second-order valence-corrected chi connectivity index (χ2v) is 3.36. The van der Waals surface area contributed by atoms with Gasteiger partial charge in [0, 0.05) is 0 Å². The molecule has 0 amide bonds. The van der Waals surface area contributed by atoms with E-state index in [1.165, 1.54) is 0 Å². The summed E-state index contributed by atoms with van der Waals surface area (Å²) in [5.74, 6) is -0.392. The minimum Gasteiger partial charge on any atom is -0.448 e. The van der Waals surface area contributed by atoms with Gasteiger partial charge in [-0.25, -0.2) is 0 Å². The van der Waals surface area contributed by atoms with Crippen LogP contribution in [0, 0.1) is 5.92 Å². The molecule has 2 N–H and O–H groups in total. The molecule has 6 heteroatoms. The van der Waals surface area contributed by atoms with Crippen LogP contribution < -0.4 is 5.23 Å². The highest BCUT2D eigenvalue weighted by molar-refractivity contribution is 6.46. The molecule has 0 radical (unpaired) electrons. The lowest BCUT2D eigenvalue weighted by molar-refractivity contribution is -0.144. The lowest BCUT2D eigenvalue weighted by Crippen LogP contribution is -2.48. The fourth-order valence-electron chi connectivity index (χ4n) is 0.936. The summed E-state index contributed by atoms with van der Waals surface area (Å²) in [7, 11) is -0.740. The van der Waals surface area contributed by atoms with Crippen LogP contribution >= 0.6 is 11.6 Å². The van der Waals surface area contributed by atoms with Crippen molar-refractivity contribution < 1.29 is 14.6 Å². The van der Waals surface area contributed by atoms with E-state index in [1.807, 2.05) is 13.8 Å². The van der Waals surface area contributed by atoms with Crippen molar-refractivity contribution >= 4 is 24.6 Å². The van der Waals surface area contributed by atoms with Gasteiger partial charge in [0.1, 0.15) is 6.04 Å². The second-order valence-electron chi connectivity index (χ2n) is 3.14. The summed E-state index contributed by atoms with van der Waals surface area (Å²) in [6, 6.07) is -0.678. The molecule has 0 bridgehead atoms. The van der Waals surface area contributed by atoms with Crippen LogP contribution in [0.4, 0.5) is 0 Å². The van der Waals surface area contributed by atoms with Gasteiger partial charge in [-0.3, -0.25) is 4.79 Å². The van der Waals surface area contributed by atoms with Crippen molar-refractivity contribution in [3.8, 4) is 0 Å². The zero-order valence-electron chi connectivity index (χ0n) is 8.08. The number of carbonyl (C=O) groups excluding carboxylic acids is 1. The molecular formula is C7H15BClNO3. The molecule has 0 aromatic carbocycles. The molecule has 0 rings (SSSR count). The number of carbonyl (C=O) groups is 1. The summed E-state index contributed by atoms with van der Waals surface area (Å²) in [5, 5.41) is 11.7. The van der Waals surface area contributed by atoms with Gasteiger partial charge in [0.05, 0.1) is 0 Å². The molecule has 0 heterocycles. The molecular weight excluding hydrogens is 192 g/mol. The molecule has 0 spiro atoms. The van der Waals surface area contributed by atoms with Crippen molar-refractivity contribution in [1.82, 2.24) is 5.23 Å². The third-order valence-corrected chi connectivity index (χ3v) is 1.65. The molecule has 0 aliphatic rings. The van der Waals surface area contributed by atoms with Gasteiger partial charge in [-0.05, 0) is 12.7 Å². The van der Waals surface area contributed by atoms with Gasteiger partial charge >= 0.3 is 13.0 Å². The predicted octanol–water partition coefficient (Wildman–Crippen LogP) is 0.450. The Balaban J connectivity index is 4.15. The standard InChI is InChI=1S/C7H15BClNO3/c1-5(2)6(10-8(3)12)7(11)13-4-9/h5-6,10,12H,4H2,1-3H3/t6-/m0/s1. The maximum atomic E-state index is 11.2. The van der Waals surface area contributed by atoms with E-state index >= 15 is 0 Å². The molecule has 0 aromatic heterocycles. The van der Waals surface area contributed by atoms with Gasteiger partial charge in [0.25, 0.3) is 0 Å². The number of ether oxygens (including phenoxy) is 1. The van der Waals surface area contributed by atoms with Crippen LogP contribution in [0.1, 0.15) is 13.8 Å². The highest BCUT2D eigenvalue weighted by atomic mass is 35.5. The van der Waals surface area contributed by atoms with E-state index in [0.717, 1.165) is 0 Å². The van der Waals surface area contributed by atoms with Crippen molar-refractivity contribution in [2.24, 2.45) is 5.92 Å². The summed E-state index contributed by atoms with van der Waals surface area (Å²) in [6.07, 6.45) is 0. The minimum absolute atomic E-state index is 0.0466. The van der Waals surface area contributed by atoms with Gasteiger partial charge in [0.15, 0.2) is 6.07 Å². The number of nitrogens with one attached hydrogen (secondary N) is 1. The Kier molecular flexibility index (Phi) is 6.11. The minimum atomic E-state index is -0.740. The molecule has 0 aliphatic heterocycles. The van der Waals surface area contributed by atoms with Crippen LogP contribution in [0.15, 0.2) is 0 Å². The van der Waals surface area contributed by atoms with E-state index in [4.69, 9.17) is 16.6 Å². The fourth-order valence-corrected chi connectivity index (χ4v) is 1.04. The first-order chi connectivity index (χ1) is 5.99. The van der Waals surface area contributed by atoms with E-state index in [0.29, 0.717) is 0 Å². The zero-order chi connectivity index (χ0) is 10.4. The average molecular weight is 207 g/mol. The third kappa shape index (κ3) is 5.13. The lowest BCUT2D eigenvalue weighted by atomic mass is 9.85. The number of esters is 1. The summed E-state index contributed by atoms with van der Waals surface area (Å²) in [5.41, 5.74) is 0. The fraction of sp³-hybridized carbons (Fsp3) is 0.857. The van der Waals surface area contributed by atoms with Crippen LogP contribution in [-0.4, -0.2) is 30.2 Å². The Hall–Kier alpha value is -0.255. The topological polar surface area (TPSA) is 58.6 Å². The van der Waals surface area contributed by atoms with Gasteiger partial charge in [-0.1, -0.05) is 25.4 Å². The number of halogens is 1. The average Bonchev–Trinajstić information content (AvgIpc) is 1.99. The Labute approximate surface area is 83.7 Å². The second kappa shape index (κ2) is 6.24. The van der Waals surface area contributed by atoms with Crippen LogP contribution in [0.25, 0.3) is 0 Å². The molecule has 4 nitrogen and oxygen atoms in total. The van der Waals surface area contributed by atoms with Crippen molar-refractivity contribution in [2.45, 2.75) is 26.7 Å². The predicted molar refractivity (Wildman–Crippen MR) is 52.4 cm³/mol. The normalized spacial score (nSPS) is 12.8. The quantitative estimate of drug-likeness (QED) is 0.390. The largest absolute Gasteiger partial charge is 0.448 e. The zero-order valence-corrected chi connectivity index (χ0v) is 8.84. The van der Waals surface area contributed by atoms with Crippen LogP contribution in [0.3, 0.4) is 0 Å². The Morgan fingerprint density at radius 3 is 2.54 bits per heavy atom. The van der Waals surface area contributed by atoms with Crippen LogP contribution in [0.5, 0.6) is 0 Å². The van der Waals surface area contributed by atoms with Crippen molar-refractivity contribution in [2.75, 3.05) is 6.07 Å². The third-order valence-electron chi connectivity index (χ3n) is 1.54. The Morgan fingerprint density at radius 2 is 2.23 bits per heavy atom. The molecule has 1 atom stereocenters. The van der Waals surface area contributed by atoms with E-state index in [2.05, 4.69) is 9.96 Å². The van der Waals surface area contributed by atoms with Gasteiger partial charge < -0.3 is 15.0 Å². The number of hydrogen-bond donors (Lipinski definition) is 2. The van der Waals surface area contributed by atoms with Crippen molar-refractivity contribution in [3.63, 3.8) is 0 Å². The molecule has 13 heavy (non-hydrogen) atoms. The molecule has 0 aliphatic carbocycles. The Morgan fingerprint density at radius 1 is 1.69 bits per heavy atom. The van der Waals surface area contributed by atoms with Crippen molar-refractivity contribution in [1.29, 1.82) is 0 Å². The molecule has 0 aromatic rings. The summed E-state index contributed by atoms with van der Waals surface area (Å²) in [6.45, 7) is 5.26.